The van der Waals surface area contributed by atoms with E-state index in [1.165, 1.54) is 0 Å². The van der Waals surface area contributed by atoms with Crippen molar-refractivity contribution in [3.05, 3.63) is 33.6 Å². The van der Waals surface area contributed by atoms with Crippen molar-refractivity contribution in [1.82, 2.24) is 9.38 Å². The second kappa shape index (κ2) is 3.02. The number of fused-ring (bicyclic) bond motifs is 1. The van der Waals surface area contributed by atoms with Crippen molar-refractivity contribution in [2.24, 2.45) is 0 Å². The van der Waals surface area contributed by atoms with E-state index < -0.39 is 0 Å². The first kappa shape index (κ1) is 8.54. The van der Waals surface area contributed by atoms with Gasteiger partial charge in [-0.2, -0.15) is 5.26 Å². The molecule has 3 nitrogen and oxygen atoms in total. The number of nitriles is 1. The van der Waals surface area contributed by atoms with E-state index in [0.717, 1.165) is 4.47 Å². The fourth-order valence-electron chi connectivity index (χ4n) is 1.09. The molecule has 0 amide bonds. The first-order valence-corrected chi connectivity index (χ1v) is 4.62. The lowest BCUT2D eigenvalue weighted by molar-refractivity contribution is 1.15. The second-order valence-electron chi connectivity index (χ2n) is 2.44. The van der Waals surface area contributed by atoms with Crippen LogP contribution in [-0.2, 0) is 0 Å². The molecule has 2 aromatic heterocycles. The molecule has 2 aromatic rings. The van der Waals surface area contributed by atoms with Crippen molar-refractivity contribution in [1.29, 1.82) is 5.26 Å². The summed E-state index contributed by atoms with van der Waals surface area (Å²) in [5.41, 5.74) is 1.03. The minimum absolute atomic E-state index is 0.237. The van der Waals surface area contributed by atoms with Gasteiger partial charge in [0.05, 0.1) is 0 Å². The van der Waals surface area contributed by atoms with Crippen LogP contribution in [0.3, 0.4) is 0 Å². The van der Waals surface area contributed by atoms with Crippen LogP contribution >= 0.6 is 27.5 Å². The summed E-state index contributed by atoms with van der Waals surface area (Å²) in [6, 6.07) is 5.61. The molecule has 13 heavy (non-hydrogen) atoms. The lowest BCUT2D eigenvalue weighted by atomic mass is 10.4. The third kappa shape index (κ3) is 1.30. The number of aromatic nitrogens is 2. The zero-order valence-electron chi connectivity index (χ0n) is 6.33. The molecular formula is C8H3BrClN3. The molecule has 2 rings (SSSR count). The third-order valence-electron chi connectivity index (χ3n) is 1.65. The summed E-state index contributed by atoms with van der Waals surface area (Å²) in [7, 11) is 0. The van der Waals surface area contributed by atoms with Gasteiger partial charge in [-0.25, -0.2) is 4.98 Å². The smallest absolute Gasteiger partial charge is 0.166 e. The van der Waals surface area contributed by atoms with E-state index in [-0.39, 0.29) is 5.15 Å². The van der Waals surface area contributed by atoms with Gasteiger partial charge in [-0.3, -0.25) is 4.40 Å². The highest BCUT2D eigenvalue weighted by atomic mass is 79.9. The van der Waals surface area contributed by atoms with Crippen molar-refractivity contribution in [3.8, 4) is 6.07 Å². The molecule has 0 saturated carbocycles. The quantitative estimate of drug-likeness (QED) is 0.727. The number of imidazole rings is 1. The van der Waals surface area contributed by atoms with E-state index >= 15 is 0 Å². The van der Waals surface area contributed by atoms with Gasteiger partial charge in [0.15, 0.2) is 10.8 Å². The Kier molecular flexibility index (Phi) is 1.98. The molecule has 0 aliphatic heterocycles. The highest BCUT2D eigenvalue weighted by Crippen LogP contribution is 2.19. The minimum Gasteiger partial charge on any atom is -0.290 e. The van der Waals surface area contributed by atoms with Crippen LogP contribution < -0.4 is 0 Å². The van der Waals surface area contributed by atoms with Crippen LogP contribution in [-0.4, -0.2) is 9.38 Å². The molecule has 0 spiro atoms. The Balaban J connectivity index is 2.88. The van der Waals surface area contributed by atoms with Crippen LogP contribution in [0.1, 0.15) is 5.69 Å². The summed E-state index contributed by atoms with van der Waals surface area (Å²) in [5, 5.41) is 9.00. The van der Waals surface area contributed by atoms with Gasteiger partial charge in [-0.15, -0.1) is 0 Å². The number of rotatable bonds is 0. The standard InChI is InChI=1S/C8H3BrClN3/c9-5-1-2-13-6(4-11)8(10)12-7(13)3-5/h1-3H. The number of pyridine rings is 1. The summed E-state index contributed by atoms with van der Waals surface area (Å²) in [5.74, 6) is 0. The zero-order valence-corrected chi connectivity index (χ0v) is 8.67. The van der Waals surface area contributed by atoms with Crippen LogP contribution in [0.25, 0.3) is 5.65 Å². The maximum Gasteiger partial charge on any atom is 0.166 e. The summed E-state index contributed by atoms with van der Waals surface area (Å²) in [4.78, 5) is 4.02. The second-order valence-corrected chi connectivity index (χ2v) is 3.71. The third-order valence-corrected chi connectivity index (χ3v) is 2.41. The summed E-state index contributed by atoms with van der Waals surface area (Å²) < 4.78 is 2.55. The lowest BCUT2D eigenvalue weighted by Crippen LogP contribution is -1.86. The van der Waals surface area contributed by atoms with E-state index in [0.29, 0.717) is 11.3 Å². The van der Waals surface area contributed by atoms with Crippen molar-refractivity contribution in [2.45, 2.75) is 0 Å². The van der Waals surface area contributed by atoms with Gasteiger partial charge in [-0.1, -0.05) is 27.5 Å². The van der Waals surface area contributed by atoms with Gasteiger partial charge in [0.1, 0.15) is 11.7 Å². The maximum absolute atomic E-state index is 8.77. The predicted molar refractivity (Wildman–Crippen MR) is 52.6 cm³/mol. The molecule has 64 valence electrons. The van der Waals surface area contributed by atoms with Gasteiger partial charge in [0, 0.05) is 10.7 Å². The molecular weight excluding hydrogens is 253 g/mol. The average Bonchev–Trinajstić information content (AvgIpc) is 2.39. The van der Waals surface area contributed by atoms with E-state index in [2.05, 4.69) is 20.9 Å². The highest BCUT2D eigenvalue weighted by Gasteiger charge is 2.08. The Labute approximate surface area is 87.7 Å². The van der Waals surface area contributed by atoms with Crippen LogP contribution in [0.2, 0.25) is 5.15 Å². The molecule has 0 aliphatic rings. The first-order valence-electron chi connectivity index (χ1n) is 3.45. The van der Waals surface area contributed by atoms with Crippen LogP contribution in [0.4, 0.5) is 0 Å². The van der Waals surface area contributed by atoms with Crippen molar-refractivity contribution < 1.29 is 0 Å². The van der Waals surface area contributed by atoms with Gasteiger partial charge in [-0.05, 0) is 12.1 Å². The lowest BCUT2D eigenvalue weighted by Gasteiger charge is -1.93. The van der Waals surface area contributed by atoms with Gasteiger partial charge in [0.25, 0.3) is 0 Å². The fourth-order valence-corrected chi connectivity index (χ4v) is 1.63. The van der Waals surface area contributed by atoms with Gasteiger partial charge >= 0.3 is 0 Å². The summed E-state index contributed by atoms with van der Waals surface area (Å²) in [6.07, 6.45) is 1.75. The molecule has 5 heteroatoms. The highest BCUT2D eigenvalue weighted by molar-refractivity contribution is 9.10. The Bertz CT molecular complexity index is 512. The van der Waals surface area contributed by atoms with Crippen LogP contribution in [0, 0.1) is 11.3 Å². The number of hydrogen-bond donors (Lipinski definition) is 0. The number of hydrogen-bond acceptors (Lipinski definition) is 2. The summed E-state index contributed by atoms with van der Waals surface area (Å²) >= 11 is 9.06. The largest absolute Gasteiger partial charge is 0.290 e. The molecule has 0 unspecified atom stereocenters. The van der Waals surface area contributed by atoms with Crippen molar-refractivity contribution in [2.75, 3.05) is 0 Å². The Hall–Kier alpha value is -1.05. The van der Waals surface area contributed by atoms with Crippen molar-refractivity contribution in [3.63, 3.8) is 0 Å². The van der Waals surface area contributed by atoms with E-state index in [1.54, 1.807) is 16.7 Å². The van der Waals surface area contributed by atoms with E-state index in [1.807, 2.05) is 12.1 Å². The molecule has 2 heterocycles. The molecule has 0 bridgehead atoms. The minimum atomic E-state index is 0.237. The van der Waals surface area contributed by atoms with Crippen LogP contribution in [0.5, 0.6) is 0 Å². The number of nitrogens with zero attached hydrogens (tertiary/aromatic N) is 3. The molecule has 0 fully saturated rings. The molecule has 0 aromatic carbocycles. The zero-order chi connectivity index (χ0) is 9.42. The maximum atomic E-state index is 8.77. The predicted octanol–water partition coefficient (Wildman–Crippen LogP) is 2.62. The molecule has 0 aliphatic carbocycles. The molecule has 0 atom stereocenters. The monoisotopic (exact) mass is 255 g/mol. The Morgan fingerprint density at radius 2 is 2.38 bits per heavy atom. The topological polar surface area (TPSA) is 41.1 Å². The normalized spacial score (nSPS) is 10.2. The molecule has 0 N–H and O–H groups in total. The average molecular weight is 256 g/mol. The van der Waals surface area contributed by atoms with Gasteiger partial charge in [0.2, 0.25) is 0 Å². The fraction of sp³-hybridized carbons (Fsp3) is 0. The Morgan fingerprint density at radius 3 is 3.08 bits per heavy atom. The first-order chi connectivity index (χ1) is 6.22. The van der Waals surface area contributed by atoms with Crippen LogP contribution in [0.15, 0.2) is 22.8 Å². The van der Waals surface area contributed by atoms with Crippen molar-refractivity contribution >= 4 is 33.2 Å². The van der Waals surface area contributed by atoms with Gasteiger partial charge < -0.3 is 0 Å². The Morgan fingerprint density at radius 1 is 1.62 bits per heavy atom. The van der Waals surface area contributed by atoms with E-state index in [9.17, 15) is 0 Å². The summed E-state index contributed by atoms with van der Waals surface area (Å²) in [6.45, 7) is 0. The molecule has 0 radical (unpaired) electrons. The SMILES string of the molecule is N#Cc1c(Cl)nc2cc(Br)ccn12. The molecule has 0 saturated heterocycles. The number of halogens is 2. The van der Waals surface area contributed by atoms with E-state index in [4.69, 9.17) is 16.9 Å².